The molecule has 0 aliphatic rings. The number of carbonyl (C=O) groups excluding carboxylic acids is 1. The first-order chi connectivity index (χ1) is 10.5. The Hall–Kier alpha value is -2.29. The zero-order chi connectivity index (χ0) is 16.1. The summed E-state index contributed by atoms with van der Waals surface area (Å²) in [6, 6.07) is 9.83. The number of nitriles is 1. The third-order valence-corrected chi connectivity index (χ3v) is 3.35. The molecule has 0 aliphatic carbocycles. The van der Waals surface area contributed by atoms with Crippen molar-refractivity contribution in [3.63, 3.8) is 0 Å². The van der Waals surface area contributed by atoms with Crippen LogP contribution in [-0.2, 0) is 4.79 Å². The Morgan fingerprint density at radius 2 is 2.18 bits per heavy atom. The number of rotatable bonds is 4. The summed E-state index contributed by atoms with van der Waals surface area (Å²) in [6.07, 6.45) is 0.718. The molecule has 0 unspecified atom stereocenters. The summed E-state index contributed by atoms with van der Waals surface area (Å²) in [5.41, 5.74) is 0.812. The summed E-state index contributed by atoms with van der Waals surface area (Å²) in [4.78, 5) is 16.0. The summed E-state index contributed by atoms with van der Waals surface area (Å²) < 4.78 is 5.50. The van der Waals surface area contributed by atoms with Gasteiger partial charge in [-0.3, -0.25) is 4.79 Å². The fourth-order valence-electron chi connectivity index (χ4n) is 1.62. The molecule has 0 saturated carbocycles. The van der Waals surface area contributed by atoms with Crippen molar-refractivity contribution in [2.24, 2.45) is 0 Å². The van der Waals surface area contributed by atoms with Crippen LogP contribution in [0.3, 0.4) is 0 Å². The summed E-state index contributed by atoms with van der Waals surface area (Å²) in [5.74, 6) is -0.0732. The lowest BCUT2D eigenvalue weighted by Crippen LogP contribution is -2.30. The van der Waals surface area contributed by atoms with Gasteiger partial charge in [0.05, 0.1) is 22.3 Å². The minimum Gasteiger partial charge on any atom is -0.479 e. The highest BCUT2D eigenvalue weighted by atomic mass is 35.5. The zero-order valence-corrected chi connectivity index (χ0v) is 13.0. The normalized spacial score (nSPS) is 11.4. The number of nitrogens with one attached hydrogen (secondary N) is 1. The number of aromatic nitrogens is 1. The van der Waals surface area contributed by atoms with E-state index in [-0.39, 0.29) is 10.2 Å². The molecule has 112 valence electrons. The van der Waals surface area contributed by atoms with Crippen LogP contribution >= 0.6 is 23.2 Å². The Labute approximate surface area is 137 Å². The lowest BCUT2D eigenvalue weighted by molar-refractivity contribution is -0.122. The minimum absolute atomic E-state index is 0.194. The molecule has 0 bridgehead atoms. The van der Waals surface area contributed by atoms with Gasteiger partial charge in [0.1, 0.15) is 5.75 Å². The van der Waals surface area contributed by atoms with Crippen molar-refractivity contribution in [2.75, 3.05) is 5.32 Å². The fraction of sp³-hybridized carbons (Fsp3) is 0.133. The van der Waals surface area contributed by atoms with E-state index in [4.69, 9.17) is 33.2 Å². The third-order valence-electron chi connectivity index (χ3n) is 2.75. The van der Waals surface area contributed by atoms with E-state index in [1.165, 1.54) is 12.3 Å². The Morgan fingerprint density at radius 3 is 2.82 bits per heavy atom. The Balaban J connectivity index is 2.06. The van der Waals surface area contributed by atoms with Crippen molar-refractivity contribution in [3.05, 3.63) is 52.3 Å². The molecule has 0 fully saturated rings. The van der Waals surface area contributed by atoms with Gasteiger partial charge in [-0.2, -0.15) is 5.26 Å². The van der Waals surface area contributed by atoms with Gasteiger partial charge in [-0.15, -0.1) is 0 Å². The molecule has 0 aliphatic heterocycles. The van der Waals surface area contributed by atoms with Crippen molar-refractivity contribution >= 4 is 34.8 Å². The highest BCUT2D eigenvalue weighted by Gasteiger charge is 2.17. The predicted molar refractivity (Wildman–Crippen MR) is 84.1 cm³/mol. The fourth-order valence-corrected chi connectivity index (χ4v) is 2.02. The van der Waals surface area contributed by atoms with Crippen molar-refractivity contribution < 1.29 is 9.53 Å². The first-order valence-corrected chi connectivity index (χ1v) is 7.04. The first kappa shape index (κ1) is 16.1. The Kier molecular flexibility index (Phi) is 5.21. The van der Waals surface area contributed by atoms with Gasteiger partial charge in [0, 0.05) is 6.20 Å². The minimum atomic E-state index is -0.804. The van der Waals surface area contributed by atoms with Crippen LogP contribution in [-0.4, -0.2) is 17.0 Å². The second-order valence-corrected chi connectivity index (χ2v) is 5.11. The number of halogens is 2. The van der Waals surface area contributed by atoms with Gasteiger partial charge in [-0.25, -0.2) is 4.98 Å². The molecule has 0 spiro atoms. The van der Waals surface area contributed by atoms with E-state index in [0.29, 0.717) is 17.0 Å². The molecule has 7 heteroatoms. The second-order valence-electron chi connectivity index (χ2n) is 4.35. The maximum Gasteiger partial charge on any atom is 0.265 e. The number of hydrogen-bond donors (Lipinski definition) is 1. The number of ether oxygens (including phenoxy) is 1. The average molecular weight is 336 g/mol. The maximum atomic E-state index is 12.1. The second kappa shape index (κ2) is 7.12. The summed E-state index contributed by atoms with van der Waals surface area (Å²) in [7, 11) is 0. The number of nitrogens with zero attached hydrogens (tertiary/aromatic N) is 2. The topological polar surface area (TPSA) is 75.0 Å². The monoisotopic (exact) mass is 335 g/mol. The average Bonchev–Trinajstić information content (AvgIpc) is 2.51. The van der Waals surface area contributed by atoms with E-state index < -0.39 is 12.0 Å². The van der Waals surface area contributed by atoms with Crippen LogP contribution in [0.2, 0.25) is 10.2 Å². The van der Waals surface area contributed by atoms with E-state index in [9.17, 15) is 4.79 Å². The molecule has 1 heterocycles. The number of anilines is 1. The van der Waals surface area contributed by atoms with E-state index in [1.54, 1.807) is 31.2 Å². The Bertz CT molecular complexity index is 744. The lowest BCUT2D eigenvalue weighted by atomic mass is 10.2. The van der Waals surface area contributed by atoms with E-state index in [2.05, 4.69) is 10.3 Å². The van der Waals surface area contributed by atoms with Gasteiger partial charge in [0.15, 0.2) is 11.3 Å². The molecule has 5 nitrogen and oxygen atoms in total. The largest absolute Gasteiger partial charge is 0.479 e. The molecule has 0 radical (unpaired) electrons. The van der Waals surface area contributed by atoms with Gasteiger partial charge in [0.2, 0.25) is 0 Å². The van der Waals surface area contributed by atoms with Gasteiger partial charge in [0.25, 0.3) is 5.91 Å². The van der Waals surface area contributed by atoms with Crippen molar-refractivity contribution in [1.82, 2.24) is 4.98 Å². The molecule has 1 amide bonds. The summed E-state index contributed by atoms with van der Waals surface area (Å²) in [6.45, 7) is 1.58. The number of hydrogen-bond acceptors (Lipinski definition) is 4. The first-order valence-electron chi connectivity index (χ1n) is 6.29. The van der Waals surface area contributed by atoms with Crippen molar-refractivity contribution in [3.8, 4) is 11.8 Å². The van der Waals surface area contributed by atoms with Crippen LogP contribution in [0.4, 0.5) is 5.69 Å². The highest BCUT2D eigenvalue weighted by Crippen LogP contribution is 2.26. The third kappa shape index (κ3) is 3.88. The molecule has 1 aromatic heterocycles. The van der Waals surface area contributed by atoms with Crippen LogP contribution in [0.5, 0.6) is 5.75 Å². The summed E-state index contributed by atoms with van der Waals surface area (Å²) in [5, 5.41) is 11.9. The molecule has 1 N–H and O–H groups in total. The van der Waals surface area contributed by atoms with Gasteiger partial charge in [-0.1, -0.05) is 23.2 Å². The zero-order valence-electron chi connectivity index (χ0n) is 11.5. The van der Waals surface area contributed by atoms with E-state index in [1.807, 2.05) is 6.07 Å². The Morgan fingerprint density at radius 1 is 1.41 bits per heavy atom. The highest BCUT2D eigenvalue weighted by molar-refractivity contribution is 6.32. The quantitative estimate of drug-likeness (QED) is 0.865. The smallest absolute Gasteiger partial charge is 0.265 e. The van der Waals surface area contributed by atoms with Gasteiger partial charge < -0.3 is 10.1 Å². The molecule has 2 rings (SSSR count). The standard InChI is InChI=1S/C15H11Cl2N3O2/c1-9(15(21)20-12-3-2-6-19-14(12)17)22-13-5-4-10(8-18)7-11(13)16/h2-7,9H,1H3,(H,20,21)/t9-/m1/s1. The van der Waals surface area contributed by atoms with Gasteiger partial charge >= 0.3 is 0 Å². The van der Waals surface area contributed by atoms with Crippen LogP contribution in [0.1, 0.15) is 12.5 Å². The molecular weight excluding hydrogens is 325 g/mol. The van der Waals surface area contributed by atoms with E-state index in [0.717, 1.165) is 0 Å². The van der Waals surface area contributed by atoms with Crippen LogP contribution in [0.25, 0.3) is 0 Å². The number of carbonyl (C=O) groups is 1. The van der Waals surface area contributed by atoms with Crippen LogP contribution in [0.15, 0.2) is 36.5 Å². The number of amides is 1. The summed E-state index contributed by atoms with van der Waals surface area (Å²) >= 11 is 11.9. The van der Waals surface area contributed by atoms with Crippen molar-refractivity contribution in [2.45, 2.75) is 13.0 Å². The molecular formula is C15H11Cl2N3O2. The number of benzene rings is 1. The molecule has 1 aromatic carbocycles. The van der Waals surface area contributed by atoms with Crippen LogP contribution in [0, 0.1) is 11.3 Å². The van der Waals surface area contributed by atoms with E-state index >= 15 is 0 Å². The SMILES string of the molecule is C[C@@H](Oc1ccc(C#N)cc1Cl)C(=O)Nc1cccnc1Cl. The van der Waals surface area contributed by atoms with Crippen LogP contribution < -0.4 is 10.1 Å². The molecule has 22 heavy (non-hydrogen) atoms. The molecule has 1 atom stereocenters. The molecule has 2 aromatic rings. The lowest BCUT2D eigenvalue weighted by Gasteiger charge is -2.16. The predicted octanol–water partition coefficient (Wildman–Crippen LogP) is 3.67. The van der Waals surface area contributed by atoms with Gasteiger partial charge in [-0.05, 0) is 37.3 Å². The molecule has 0 saturated heterocycles. The maximum absolute atomic E-state index is 12.1. The number of pyridine rings is 1. The van der Waals surface area contributed by atoms with Crippen molar-refractivity contribution in [1.29, 1.82) is 5.26 Å².